The van der Waals surface area contributed by atoms with Gasteiger partial charge in [0.15, 0.2) is 0 Å². The Hall–Kier alpha value is -1.62. The largest absolute Gasteiger partial charge is 0.389 e. The highest BCUT2D eigenvalue weighted by molar-refractivity contribution is 7.80. The van der Waals surface area contributed by atoms with Crippen LogP contribution in [0.4, 0.5) is 5.69 Å². The Morgan fingerprint density at radius 2 is 2.26 bits per heavy atom. The lowest BCUT2D eigenvalue weighted by Gasteiger charge is -2.28. The van der Waals surface area contributed by atoms with Crippen LogP contribution in [-0.4, -0.2) is 30.5 Å². The first-order valence-corrected chi connectivity index (χ1v) is 6.91. The quantitative estimate of drug-likeness (QED) is 0.821. The van der Waals surface area contributed by atoms with Crippen molar-refractivity contribution in [2.75, 3.05) is 18.5 Å². The zero-order valence-corrected chi connectivity index (χ0v) is 11.9. The summed E-state index contributed by atoms with van der Waals surface area (Å²) in [6.07, 6.45) is 2.98. The molecule has 0 saturated carbocycles. The van der Waals surface area contributed by atoms with E-state index in [0.717, 1.165) is 37.1 Å². The first kappa shape index (κ1) is 13.8. The maximum absolute atomic E-state index is 12.0. The molecule has 5 heteroatoms. The molecule has 1 saturated heterocycles. The Morgan fingerprint density at radius 3 is 3.00 bits per heavy atom. The summed E-state index contributed by atoms with van der Waals surface area (Å²) in [4.78, 5) is 14.4. The molecular formula is C14H19N3OS. The van der Waals surface area contributed by atoms with Gasteiger partial charge in [-0.15, -0.1) is 0 Å². The van der Waals surface area contributed by atoms with Crippen LogP contribution in [0.1, 0.15) is 24.8 Å². The molecule has 1 aromatic rings. The number of likely N-dealkylation sites (N-methyl/N-ethyl adjacent to an activating group) is 1. The van der Waals surface area contributed by atoms with Crippen LogP contribution in [0.3, 0.4) is 0 Å². The number of hydrogen-bond donors (Lipinski definition) is 2. The van der Waals surface area contributed by atoms with E-state index in [1.807, 2.05) is 36.2 Å². The summed E-state index contributed by atoms with van der Waals surface area (Å²) in [5.74, 6) is 0.0979. The monoisotopic (exact) mass is 277 g/mol. The molecule has 1 atom stereocenters. The number of amides is 1. The highest BCUT2D eigenvalue weighted by Gasteiger charge is 2.25. The molecule has 1 aliphatic rings. The lowest BCUT2D eigenvalue weighted by atomic mass is 10.1. The molecule has 1 aromatic carbocycles. The third-order valence-electron chi connectivity index (χ3n) is 3.51. The summed E-state index contributed by atoms with van der Waals surface area (Å²) in [5.41, 5.74) is 7.44. The van der Waals surface area contributed by atoms with Crippen LogP contribution in [0.2, 0.25) is 0 Å². The first-order valence-electron chi connectivity index (χ1n) is 6.50. The molecule has 0 aliphatic carbocycles. The molecule has 1 aliphatic heterocycles. The van der Waals surface area contributed by atoms with Gasteiger partial charge in [0.25, 0.3) is 0 Å². The molecule has 19 heavy (non-hydrogen) atoms. The molecule has 0 aromatic heterocycles. The van der Waals surface area contributed by atoms with Crippen molar-refractivity contribution in [1.82, 2.24) is 5.32 Å². The van der Waals surface area contributed by atoms with Crippen LogP contribution in [0.25, 0.3) is 0 Å². The topological polar surface area (TPSA) is 58.4 Å². The van der Waals surface area contributed by atoms with Crippen molar-refractivity contribution in [3.05, 3.63) is 29.8 Å². The van der Waals surface area contributed by atoms with Gasteiger partial charge in [0.2, 0.25) is 5.91 Å². The minimum atomic E-state index is -0.121. The van der Waals surface area contributed by atoms with Crippen LogP contribution in [0.5, 0.6) is 0 Å². The van der Waals surface area contributed by atoms with Crippen molar-refractivity contribution in [2.24, 2.45) is 5.73 Å². The van der Waals surface area contributed by atoms with E-state index in [2.05, 4.69) is 5.32 Å². The van der Waals surface area contributed by atoms with Crippen molar-refractivity contribution in [3.8, 4) is 0 Å². The lowest BCUT2D eigenvalue weighted by Crippen LogP contribution is -2.44. The van der Waals surface area contributed by atoms with Crippen LogP contribution in [-0.2, 0) is 4.79 Å². The van der Waals surface area contributed by atoms with Crippen LogP contribution in [0, 0.1) is 0 Å². The van der Waals surface area contributed by atoms with Crippen molar-refractivity contribution in [2.45, 2.75) is 25.3 Å². The molecule has 1 amide bonds. The number of thiocarbonyl (C=S) groups is 1. The van der Waals surface area contributed by atoms with Crippen molar-refractivity contribution < 1.29 is 4.79 Å². The van der Waals surface area contributed by atoms with E-state index in [0.29, 0.717) is 4.99 Å². The van der Waals surface area contributed by atoms with E-state index in [1.165, 1.54) is 0 Å². The second-order valence-corrected chi connectivity index (χ2v) is 5.27. The fourth-order valence-corrected chi connectivity index (χ4v) is 2.48. The second kappa shape index (κ2) is 6.02. The summed E-state index contributed by atoms with van der Waals surface area (Å²) in [6.45, 7) is 0.774. The zero-order chi connectivity index (χ0) is 13.8. The fraction of sp³-hybridized carbons (Fsp3) is 0.429. The number of benzene rings is 1. The van der Waals surface area contributed by atoms with Crippen molar-refractivity contribution in [1.29, 1.82) is 0 Å². The maximum atomic E-state index is 12.0. The van der Waals surface area contributed by atoms with E-state index in [9.17, 15) is 4.79 Å². The molecule has 1 unspecified atom stereocenters. The minimum Gasteiger partial charge on any atom is -0.389 e. The average Bonchev–Trinajstić information content (AvgIpc) is 2.63. The number of hydrogen-bond acceptors (Lipinski definition) is 3. The Labute approximate surface area is 119 Å². The SMILES string of the molecule is CN(c1cccc(C(N)=S)c1)C1CCCCNC1=O. The van der Waals surface area contributed by atoms with Gasteiger partial charge in [-0.25, -0.2) is 0 Å². The fourth-order valence-electron chi connectivity index (χ4n) is 2.35. The standard InChI is InChI=1S/C14H19N3OS/c1-17(12-7-2-3-8-16-14(12)18)11-6-4-5-10(9-11)13(15)19/h4-6,9,12H,2-3,7-8H2,1H3,(H2,15,19)(H,16,18). The number of nitrogens with one attached hydrogen (secondary N) is 1. The molecule has 2 rings (SSSR count). The third-order valence-corrected chi connectivity index (χ3v) is 3.75. The number of rotatable bonds is 3. The van der Waals surface area contributed by atoms with Crippen LogP contribution >= 0.6 is 12.2 Å². The van der Waals surface area contributed by atoms with Gasteiger partial charge >= 0.3 is 0 Å². The number of nitrogens with two attached hydrogens (primary N) is 1. The maximum Gasteiger partial charge on any atom is 0.242 e. The summed E-state index contributed by atoms with van der Waals surface area (Å²) in [7, 11) is 1.94. The summed E-state index contributed by atoms with van der Waals surface area (Å²) < 4.78 is 0. The number of carbonyl (C=O) groups excluding carboxylic acids is 1. The molecule has 4 nitrogen and oxygen atoms in total. The highest BCUT2D eigenvalue weighted by Crippen LogP contribution is 2.21. The van der Waals surface area contributed by atoms with Gasteiger partial charge in [-0.3, -0.25) is 4.79 Å². The molecule has 0 radical (unpaired) electrons. The minimum absolute atomic E-state index is 0.0979. The van der Waals surface area contributed by atoms with E-state index in [-0.39, 0.29) is 11.9 Å². The van der Waals surface area contributed by atoms with Gasteiger partial charge in [-0.2, -0.15) is 0 Å². The van der Waals surface area contributed by atoms with Crippen LogP contribution in [0.15, 0.2) is 24.3 Å². The molecule has 3 N–H and O–H groups in total. The van der Waals surface area contributed by atoms with Crippen molar-refractivity contribution in [3.63, 3.8) is 0 Å². The van der Waals surface area contributed by atoms with E-state index < -0.39 is 0 Å². The third kappa shape index (κ3) is 3.23. The number of carbonyl (C=O) groups is 1. The first-order chi connectivity index (χ1) is 9.09. The molecule has 1 heterocycles. The van der Waals surface area contributed by atoms with E-state index in [4.69, 9.17) is 18.0 Å². The summed E-state index contributed by atoms with van der Waals surface area (Å²) >= 11 is 4.99. The Bertz CT molecular complexity index is 489. The predicted octanol–water partition coefficient (Wildman–Crippen LogP) is 1.43. The van der Waals surface area contributed by atoms with Gasteiger partial charge in [0.05, 0.1) is 0 Å². The molecule has 1 fully saturated rings. The van der Waals surface area contributed by atoms with Gasteiger partial charge in [0, 0.05) is 24.8 Å². The summed E-state index contributed by atoms with van der Waals surface area (Å²) in [6, 6.07) is 7.58. The predicted molar refractivity (Wildman–Crippen MR) is 81.4 cm³/mol. The Kier molecular flexibility index (Phi) is 4.37. The van der Waals surface area contributed by atoms with E-state index in [1.54, 1.807) is 0 Å². The van der Waals surface area contributed by atoms with Gasteiger partial charge in [-0.05, 0) is 31.4 Å². The average molecular weight is 277 g/mol. The zero-order valence-electron chi connectivity index (χ0n) is 11.1. The molecule has 0 spiro atoms. The van der Waals surface area contributed by atoms with Gasteiger partial charge in [-0.1, -0.05) is 24.4 Å². The van der Waals surface area contributed by atoms with E-state index >= 15 is 0 Å². The van der Waals surface area contributed by atoms with Gasteiger partial charge < -0.3 is 16.0 Å². The number of anilines is 1. The highest BCUT2D eigenvalue weighted by atomic mass is 32.1. The lowest BCUT2D eigenvalue weighted by molar-refractivity contribution is -0.122. The molecule has 0 bridgehead atoms. The Balaban J connectivity index is 2.22. The van der Waals surface area contributed by atoms with Crippen molar-refractivity contribution >= 4 is 28.8 Å². The number of nitrogens with zero attached hydrogens (tertiary/aromatic N) is 1. The van der Waals surface area contributed by atoms with Gasteiger partial charge in [0.1, 0.15) is 11.0 Å². The van der Waals surface area contributed by atoms with Crippen LogP contribution < -0.4 is 16.0 Å². The Morgan fingerprint density at radius 1 is 1.47 bits per heavy atom. The summed E-state index contributed by atoms with van der Waals surface area (Å²) in [5, 5.41) is 2.95. The smallest absolute Gasteiger partial charge is 0.242 e. The normalized spacial score (nSPS) is 19.4. The molecular weight excluding hydrogens is 258 g/mol. The molecule has 102 valence electrons. The second-order valence-electron chi connectivity index (χ2n) is 4.83.